The first-order valence-corrected chi connectivity index (χ1v) is 15.5. The van der Waals surface area contributed by atoms with Gasteiger partial charge in [-0.1, -0.05) is 19.3 Å². The van der Waals surface area contributed by atoms with E-state index in [-0.39, 0.29) is 30.9 Å². The Morgan fingerprint density at radius 1 is 1.05 bits per heavy atom. The van der Waals surface area contributed by atoms with Gasteiger partial charge in [0.2, 0.25) is 0 Å². The van der Waals surface area contributed by atoms with Crippen molar-refractivity contribution in [2.45, 2.75) is 58.4 Å². The molecule has 0 spiro atoms. The van der Waals surface area contributed by atoms with Crippen LogP contribution in [-0.2, 0) is 9.53 Å². The summed E-state index contributed by atoms with van der Waals surface area (Å²) in [5.41, 5.74) is 3.70. The molecule has 1 atom stereocenters. The number of hydrogen-bond donors (Lipinski definition) is 2. The molecule has 4 rings (SSSR count). The molecule has 1 fully saturated rings. The fourth-order valence-corrected chi connectivity index (χ4v) is 5.47. The van der Waals surface area contributed by atoms with Crippen LogP contribution in [0, 0.1) is 12.8 Å². The molecule has 7 nitrogen and oxygen atoms in total. The van der Waals surface area contributed by atoms with E-state index in [1.165, 1.54) is 37.7 Å². The fraction of sp³-hybridized carbons (Fsp3) is 0.438. The van der Waals surface area contributed by atoms with Crippen molar-refractivity contribution in [2.75, 3.05) is 30.7 Å². The summed E-state index contributed by atoms with van der Waals surface area (Å²) in [6, 6.07) is 17.8. The number of thioether (sulfide) groups is 1. The van der Waals surface area contributed by atoms with Gasteiger partial charge in [-0.2, -0.15) is 0 Å². The summed E-state index contributed by atoms with van der Waals surface area (Å²) in [5, 5.41) is 6.55. The Labute approximate surface area is 241 Å². The molecular formula is C32H40N2O5S. The minimum Gasteiger partial charge on any atom is -0.483 e. The Morgan fingerprint density at radius 2 is 1.77 bits per heavy atom. The number of anilines is 1. The van der Waals surface area contributed by atoms with Gasteiger partial charge in [0.1, 0.15) is 23.2 Å². The van der Waals surface area contributed by atoms with Crippen LogP contribution in [0.15, 0.2) is 59.0 Å². The van der Waals surface area contributed by atoms with Gasteiger partial charge in [0.05, 0.1) is 19.1 Å². The molecule has 3 aromatic rings. The normalized spacial score (nSPS) is 14.4. The highest BCUT2D eigenvalue weighted by Crippen LogP contribution is 2.40. The Hall–Kier alpha value is -3.39. The van der Waals surface area contributed by atoms with Crippen molar-refractivity contribution >= 4 is 29.3 Å². The SMILES string of the molecule is CCOC(=O)CCNC(=O)c1ccc(NC(c2cc(-c3ccc(OCSC)cc3)oc2C)C2CCCCC2)cc1. The van der Waals surface area contributed by atoms with E-state index in [1.807, 2.05) is 61.7 Å². The van der Waals surface area contributed by atoms with Crippen molar-refractivity contribution in [1.29, 1.82) is 0 Å². The molecule has 2 aromatic carbocycles. The standard InChI is InChI=1S/C32H40N2O5S/c1-4-37-30(35)18-19-33-32(36)25-10-14-26(15-11-25)34-31(24-8-6-5-7-9-24)28-20-29(39-22(28)2)23-12-16-27(17-13-23)38-21-40-3/h10-17,20,24,31,34H,4-9,18-19,21H2,1-3H3,(H,33,36). The van der Waals surface area contributed by atoms with Crippen molar-refractivity contribution < 1.29 is 23.5 Å². The van der Waals surface area contributed by atoms with E-state index in [1.54, 1.807) is 18.7 Å². The number of aryl methyl sites for hydroxylation is 1. The van der Waals surface area contributed by atoms with Gasteiger partial charge < -0.3 is 24.5 Å². The van der Waals surface area contributed by atoms with E-state index in [4.69, 9.17) is 13.9 Å². The van der Waals surface area contributed by atoms with Crippen molar-refractivity contribution in [3.05, 3.63) is 71.5 Å². The molecule has 214 valence electrons. The van der Waals surface area contributed by atoms with Crippen LogP contribution in [0.3, 0.4) is 0 Å². The lowest BCUT2D eigenvalue weighted by atomic mass is 9.81. The average Bonchev–Trinajstić information content (AvgIpc) is 3.37. The first kappa shape index (κ1) is 29.6. The first-order valence-electron chi connectivity index (χ1n) is 14.1. The topological polar surface area (TPSA) is 89.8 Å². The van der Waals surface area contributed by atoms with E-state index in [9.17, 15) is 9.59 Å². The van der Waals surface area contributed by atoms with Crippen molar-refractivity contribution in [3.63, 3.8) is 0 Å². The van der Waals surface area contributed by atoms with E-state index in [0.717, 1.165) is 28.5 Å². The lowest BCUT2D eigenvalue weighted by Crippen LogP contribution is -2.26. The fourth-order valence-electron chi connectivity index (χ4n) is 5.22. The molecule has 8 heteroatoms. The molecule has 0 aliphatic heterocycles. The summed E-state index contributed by atoms with van der Waals surface area (Å²) in [5.74, 6) is 3.20. The molecular weight excluding hydrogens is 524 g/mol. The Kier molecular flexibility index (Phi) is 11.0. The minimum absolute atomic E-state index is 0.103. The van der Waals surface area contributed by atoms with E-state index >= 15 is 0 Å². The molecule has 0 bridgehead atoms. The number of furan rings is 1. The van der Waals surface area contributed by atoms with Gasteiger partial charge in [0, 0.05) is 28.9 Å². The monoisotopic (exact) mass is 564 g/mol. The van der Waals surface area contributed by atoms with Gasteiger partial charge in [-0.25, -0.2) is 0 Å². The zero-order valence-corrected chi connectivity index (χ0v) is 24.5. The van der Waals surface area contributed by atoms with E-state index < -0.39 is 0 Å². The first-order chi connectivity index (χ1) is 19.5. The minimum atomic E-state index is -0.314. The lowest BCUT2D eigenvalue weighted by molar-refractivity contribution is -0.142. The largest absolute Gasteiger partial charge is 0.483 e. The summed E-state index contributed by atoms with van der Waals surface area (Å²) >= 11 is 1.64. The summed E-state index contributed by atoms with van der Waals surface area (Å²) in [4.78, 5) is 24.1. The number of carbonyl (C=O) groups is 2. The maximum atomic E-state index is 12.5. The molecule has 1 aliphatic carbocycles. The van der Waals surface area contributed by atoms with E-state index in [2.05, 4.69) is 16.7 Å². The predicted octanol–water partition coefficient (Wildman–Crippen LogP) is 7.37. The maximum Gasteiger partial charge on any atom is 0.307 e. The molecule has 1 aliphatic rings. The molecule has 1 aromatic heterocycles. The van der Waals surface area contributed by atoms with Gasteiger partial charge >= 0.3 is 5.97 Å². The Morgan fingerprint density at radius 3 is 2.45 bits per heavy atom. The predicted molar refractivity (Wildman–Crippen MR) is 161 cm³/mol. The molecule has 1 heterocycles. The third-order valence-corrected chi connectivity index (χ3v) is 7.64. The smallest absolute Gasteiger partial charge is 0.307 e. The highest BCUT2D eigenvalue weighted by Gasteiger charge is 2.28. The number of carbonyl (C=O) groups excluding carboxylic acids is 2. The molecule has 1 amide bonds. The van der Waals surface area contributed by atoms with Crippen LogP contribution in [0.1, 0.15) is 73.2 Å². The quantitative estimate of drug-likeness (QED) is 0.165. The number of esters is 1. The number of hydrogen-bond acceptors (Lipinski definition) is 7. The number of rotatable bonds is 13. The van der Waals surface area contributed by atoms with Crippen LogP contribution in [0.4, 0.5) is 5.69 Å². The molecule has 0 saturated heterocycles. The van der Waals surface area contributed by atoms with Crippen LogP contribution in [0.5, 0.6) is 5.75 Å². The van der Waals surface area contributed by atoms with Crippen LogP contribution < -0.4 is 15.4 Å². The van der Waals surface area contributed by atoms with Crippen LogP contribution >= 0.6 is 11.8 Å². The van der Waals surface area contributed by atoms with Crippen LogP contribution in [0.25, 0.3) is 11.3 Å². The second kappa shape index (κ2) is 14.8. The molecule has 0 radical (unpaired) electrons. The number of benzene rings is 2. The molecule has 40 heavy (non-hydrogen) atoms. The van der Waals surface area contributed by atoms with Crippen molar-refractivity contribution in [1.82, 2.24) is 5.32 Å². The molecule has 1 unspecified atom stereocenters. The highest BCUT2D eigenvalue weighted by atomic mass is 32.2. The number of nitrogens with one attached hydrogen (secondary N) is 2. The Balaban J connectivity index is 1.47. The summed E-state index contributed by atoms with van der Waals surface area (Å²) in [6.07, 6.45) is 8.25. The van der Waals surface area contributed by atoms with Crippen LogP contribution in [0.2, 0.25) is 0 Å². The third-order valence-electron chi connectivity index (χ3n) is 7.28. The van der Waals surface area contributed by atoms with Gasteiger partial charge in [-0.15, -0.1) is 11.8 Å². The summed E-state index contributed by atoms with van der Waals surface area (Å²) in [6.45, 7) is 4.39. The second-order valence-electron chi connectivity index (χ2n) is 10.1. The van der Waals surface area contributed by atoms with E-state index in [0.29, 0.717) is 24.0 Å². The zero-order valence-electron chi connectivity index (χ0n) is 23.7. The summed E-state index contributed by atoms with van der Waals surface area (Å²) < 4.78 is 16.9. The van der Waals surface area contributed by atoms with Crippen LogP contribution in [-0.4, -0.2) is 37.2 Å². The van der Waals surface area contributed by atoms with Gasteiger partial charge in [-0.05, 0) is 93.5 Å². The number of ether oxygens (including phenoxy) is 2. The van der Waals surface area contributed by atoms with Gasteiger partial charge in [0.25, 0.3) is 5.91 Å². The summed E-state index contributed by atoms with van der Waals surface area (Å²) in [7, 11) is 0. The third kappa shape index (κ3) is 8.07. The lowest BCUT2D eigenvalue weighted by Gasteiger charge is -2.31. The zero-order chi connectivity index (χ0) is 28.3. The number of amides is 1. The van der Waals surface area contributed by atoms with Crippen molar-refractivity contribution in [3.8, 4) is 17.1 Å². The van der Waals surface area contributed by atoms with Crippen molar-refractivity contribution in [2.24, 2.45) is 5.92 Å². The average molecular weight is 565 g/mol. The second-order valence-corrected chi connectivity index (χ2v) is 10.9. The maximum absolute atomic E-state index is 12.5. The van der Waals surface area contributed by atoms with Gasteiger partial charge in [0.15, 0.2) is 0 Å². The Bertz CT molecular complexity index is 1230. The molecule has 1 saturated carbocycles. The highest BCUT2D eigenvalue weighted by molar-refractivity contribution is 7.98. The van der Waals surface area contributed by atoms with Gasteiger partial charge in [-0.3, -0.25) is 9.59 Å². The molecule has 2 N–H and O–H groups in total.